The molecule has 0 radical (unpaired) electrons. The van der Waals surface area contributed by atoms with Crippen molar-refractivity contribution < 1.29 is 4.74 Å². The molecule has 0 spiro atoms. The van der Waals surface area contributed by atoms with Crippen LogP contribution in [-0.2, 0) is 12.8 Å². The molecule has 0 fully saturated rings. The maximum absolute atomic E-state index is 6.44. The normalized spacial score (nSPS) is 12.2. The minimum Gasteiger partial charge on any atom is -0.497 e. The van der Waals surface area contributed by atoms with Crippen molar-refractivity contribution in [2.24, 2.45) is 0 Å². The van der Waals surface area contributed by atoms with Gasteiger partial charge in [-0.1, -0.05) is 42.0 Å². The fourth-order valence-electron chi connectivity index (χ4n) is 2.20. The lowest BCUT2D eigenvalue weighted by atomic mass is 10.0. The summed E-state index contributed by atoms with van der Waals surface area (Å²) in [4.78, 5) is 0. The molecule has 0 aliphatic carbocycles. The highest BCUT2D eigenvalue weighted by molar-refractivity contribution is 6.20. The minimum absolute atomic E-state index is 0.180. The molecule has 0 bridgehead atoms. The fraction of sp³-hybridized carbons (Fsp3) is 0.333. The van der Waals surface area contributed by atoms with Crippen molar-refractivity contribution in [3.63, 3.8) is 0 Å². The van der Waals surface area contributed by atoms with Gasteiger partial charge in [-0.3, -0.25) is 0 Å². The molecule has 20 heavy (non-hydrogen) atoms. The Bertz CT molecular complexity index is 516. The Hall–Kier alpha value is -1.47. The van der Waals surface area contributed by atoms with Crippen LogP contribution in [0.25, 0.3) is 0 Å². The second-order valence-electron chi connectivity index (χ2n) is 5.17. The number of aryl methyl sites for hydroxylation is 2. The molecule has 0 saturated carbocycles. The van der Waals surface area contributed by atoms with Crippen LogP contribution in [0.3, 0.4) is 0 Å². The number of ether oxygens (including phenoxy) is 1. The van der Waals surface area contributed by atoms with Crippen LogP contribution >= 0.6 is 11.6 Å². The van der Waals surface area contributed by atoms with Crippen LogP contribution in [0, 0.1) is 6.92 Å². The lowest BCUT2D eigenvalue weighted by Gasteiger charge is -2.10. The predicted molar refractivity (Wildman–Crippen MR) is 85.8 cm³/mol. The summed E-state index contributed by atoms with van der Waals surface area (Å²) in [6, 6.07) is 16.8. The third-order valence-electron chi connectivity index (χ3n) is 3.48. The zero-order chi connectivity index (χ0) is 14.4. The maximum atomic E-state index is 6.44. The molecule has 1 atom stereocenters. The average molecular weight is 289 g/mol. The van der Waals surface area contributed by atoms with Gasteiger partial charge in [0, 0.05) is 5.38 Å². The van der Waals surface area contributed by atoms with Crippen LogP contribution in [0.1, 0.15) is 23.1 Å². The zero-order valence-electron chi connectivity index (χ0n) is 12.1. The first-order chi connectivity index (χ1) is 9.67. The van der Waals surface area contributed by atoms with Gasteiger partial charge in [-0.05, 0) is 49.4 Å². The third-order valence-corrected chi connectivity index (χ3v) is 3.86. The Morgan fingerprint density at radius 3 is 2.15 bits per heavy atom. The Morgan fingerprint density at radius 2 is 1.55 bits per heavy atom. The first-order valence-corrected chi connectivity index (χ1v) is 7.43. The SMILES string of the molecule is COc1ccc(CCC(Cl)Cc2ccc(C)cc2)cc1. The fourth-order valence-corrected chi connectivity index (χ4v) is 2.48. The van der Waals surface area contributed by atoms with E-state index < -0.39 is 0 Å². The molecule has 0 N–H and O–H groups in total. The molecule has 1 nitrogen and oxygen atoms in total. The van der Waals surface area contributed by atoms with Gasteiger partial charge in [0.1, 0.15) is 5.75 Å². The van der Waals surface area contributed by atoms with E-state index in [0.29, 0.717) is 0 Å². The molecule has 1 unspecified atom stereocenters. The summed E-state index contributed by atoms with van der Waals surface area (Å²) >= 11 is 6.44. The number of benzene rings is 2. The van der Waals surface area contributed by atoms with E-state index in [1.165, 1.54) is 16.7 Å². The molecular formula is C18H21ClO. The van der Waals surface area contributed by atoms with E-state index in [1.807, 2.05) is 12.1 Å². The van der Waals surface area contributed by atoms with Crippen LogP contribution in [0.5, 0.6) is 5.75 Å². The van der Waals surface area contributed by atoms with Crippen molar-refractivity contribution in [3.8, 4) is 5.75 Å². The minimum atomic E-state index is 0.180. The van der Waals surface area contributed by atoms with Gasteiger partial charge in [-0.15, -0.1) is 11.6 Å². The summed E-state index contributed by atoms with van der Waals surface area (Å²) in [7, 11) is 1.69. The van der Waals surface area contributed by atoms with E-state index in [1.54, 1.807) is 7.11 Å². The van der Waals surface area contributed by atoms with Crippen molar-refractivity contribution in [1.29, 1.82) is 0 Å². The first-order valence-electron chi connectivity index (χ1n) is 7.00. The molecule has 2 aromatic carbocycles. The Balaban J connectivity index is 1.82. The van der Waals surface area contributed by atoms with Crippen molar-refractivity contribution in [1.82, 2.24) is 0 Å². The van der Waals surface area contributed by atoms with Gasteiger partial charge < -0.3 is 4.74 Å². The number of hydrogen-bond acceptors (Lipinski definition) is 1. The van der Waals surface area contributed by atoms with Gasteiger partial charge >= 0.3 is 0 Å². The molecule has 0 amide bonds. The number of alkyl halides is 1. The highest BCUT2D eigenvalue weighted by Gasteiger charge is 2.06. The summed E-state index contributed by atoms with van der Waals surface area (Å²) < 4.78 is 5.16. The second kappa shape index (κ2) is 7.35. The summed E-state index contributed by atoms with van der Waals surface area (Å²) in [6.07, 6.45) is 2.92. The Kier molecular flexibility index (Phi) is 5.49. The van der Waals surface area contributed by atoms with Crippen molar-refractivity contribution in [3.05, 3.63) is 65.2 Å². The summed E-state index contributed by atoms with van der Waals surface area (Å²) in [5.41, 5.74) is 3.91. The van der Waals surface area contributed by atoms with Crippen LogP contribution < -0.4 is 4.74 Å². The third kappa shape index (κ3) is 4.57. The number of hydrogen-bond donors (Lipinski definition) is 0. The standard InChI is InChI=1S/C18H21ClO/c1-14-3-5-16(6-4-14)13-17(19)10-7-15-8-11-18(20-2)12-9-15/h3-6,8-9,11-12,17H,7,10,13H2,1-2H3. The molecule has 0 aliphatic rings. The maximum Gasteiger partial charge on any atom is 0.118 e. The monoisotopic (exact) mass is 288 g/mol. The lowest BCUT2D eigenvalue weighted by molar-refractivity contribution is 0.414. The molecule has 0 aliphatic heterocycles. The van der Waals surface area contributed by atoms with E-state index >= 15 is 0 Å². The van der Waals surface area contributed by atoms with E-state index in [2.05, 4.69) is 43.3 Å². The molecule has 0 aromatic heterocycles. The molecule has 106 valence electrons. The van der Waals surface area contributed by atoms with Gasteiger partial charge in [-0.25, -0.2) is 0 Å². The van der Waals surface area contributed by atoms with Crippen LogP contribution in [0.4, 0.5) is 0 Å². The van der Waals surface area contributed by atoms with Crippen LogP contribution in [0.2, 0.25) is 0 Å². The lowest BCUT2D eigenvalue weighted by Crippen LogP contribution is -2.05. The summed E-state index contributed by atoms with van der Waals surface area (Å²) in [6.45, 7) is 2.10. The smallest absolute Gasteiger partial charge is 0.118 e. The number of rotatable bonds is 6. The predicted octanol–water partition coefficient (Wildman–Crippen LogP) is 4.79. The van der Waals surface area contributed by atoms with E-state index in [-0.39, 0.29) is 5.38 Å². The average Bonchev–Trinajstić information content (AvgIpc) is 2.48. The molecule has 2 heteroatoms. The highest BCUT2D eigenvalue weighted by Crippen LogP contribution is 2.17. The molecule has 2 rings (SSSR count). The highest BCUT2D eigenvalue weighted by atomic mass is 35.5. The van der Waals surface area contributed by atoms with Crippen molar-refractivity contribution in [2.45, 2.75) is 31.6 Å². The van der Waals surface area contributed by atoms with Gasteiger partial charge in [0.05, 0.1) is 7.11 Å². The number of halogens is 1. The molecule has 0 saturated heterocycles. The zero-order valence-corrected chi connectivity index (χ0v) is 12.9. The molecular weight excluding hydrogens is 268 g/mol. The van der Waals surface area contributed by atoms with Gasteiger partial charge in [0.15, 0.2) is 0 Å². The number of methoxy groups -OCH3 is 1. The second-order valence-corrected chi connectivity index (χ2v) is 5.79. The van der Waals surface area contributed by atoms with Crippen LogP contribution in [-0.4, -0.2) is 12.5 Å². The summed E-state index contributed by atoms with van der Waals surface area (Å²) in [5, 5.41) is 0.180. The van der Waals surface area contributed by atoms with Crippen molar-refractivity contribution in [2.75, 3.05) is 7.11 Å². The van der Waals surface area contributed by atoms with E-state index in [9.17, 15) is 0 Å². The Labute approximate surface area is 126 Å². The largest absolute Gasteiger partial charge is 0.497 e. The van der Waals surface area contributed by atoms with Crippen molar-refractivity contribution >= 4 is 11.6 Å². The van der Waals surface area contributed by atoms with E-state index in [4.69, 9.17) is 16.3 Å². The van der Waals surface area contributed by atoms with Crippen LogP contribution in [0.15, 0.2) is 48.5 Å². The molecule has 2 aromatic rings. The quantitative estimate of drug-likeness (QED) is 0.695. The van der Waals surface area contributed by atoms with Gasteiger partial charge in [-0.2, -0.15) is 0 Å². The topological polar surface area (TPSA) is 9.23 Å². The van der Waals surface area contributed by atoms with Gasteiger partial charge in [0.2, 0.25) is 0 Å². The molecule has 0 heterocycles. The Morgan fingerprint density at radius 1 is 0.950 bits per heavy atom. The van der Waals surface area contributed by atoms with Gasteiger partial charge in [0.25, 0.3) is 0 Å². The first kappa shape index (κ1) is 14.9. The van der Waals surface area contributed by atoms with E-state index in [0.717, 1.165) is 25.0 Å². The summed E-state index contributed by atoms with van der Waals surface area (Å²) in [5.74, 6) is 0.899.